The van der Waals surface area contributed by atoms with Crippen molar-refractivity contribution >= 4 is 29.2 Å². The van der Waals surface area contributed by atoms with Gasteiger partial charge in [-0.3, -0.25) is 0 Å². The summed E-state index contributed by atoms with van der Waals surface area (Å²) in [6, 6.07) is 2.26. The van der Waals surface area contributed by atoms with Crippen LogP contribution < -0.4 is 5.32 Å². The van der Waals surface area contributed by atoms with Crippen LogP contribution in [-0.4, -0.2) is 22.3 Å². The van der Waals surface area contributed by atoms with Crippen molar-refractivity contribution in [3.05, 3.63) is 11.2 Å². The van der Waals surface area contributed by atoms with E-state index in [2.05, 4.69) is 22.2 Å². The van der Waals surface area contributed by atoms with E-state index in [0.717, 1.165) is 16.9 Å². The normalized spacial score (nSPS) is 17.9. The Morgan fingerprint density at radius 3 is 2.81 bits per heavy atom. The second-order valence-corrected chi connectivity index (χ2v) is 5.35. The highest BCUT2D eigenvalue weighted by atomic mass is 35.5. The summed E-state index contributed by atoms with van der Waals surface area (Å²) in [6.07, 6.45) is 5.95. The maximum Gasteiger partial charge on any atom is 0.190 e. The predicted molar refractivity (Wildman–Crippen MR) is 69.2 cm³/mol. The fourth-order valence-corrected chi connectivity index (χ4v) is 2.47. The number of aromatic nitrogens is 2. The zero-order chi connectivity index (χ0) is 11.5. The van der Waals surface area contributed by atoms with Gasteiger partial charge >= 0.3 is 0 Å². The first-order valence-corrected chi connectivity index (χ1v) is 7.14. The van der Waals surface area contributed by atoms with Gasteiger partial charge < -0.3 is 5.32 Å². The molecule has 1 aliphatic carbocycles. The largest absolute Gasteiger partial charge is 0.367 e. The Labute approximate surface area is 105 Å². The van der Waals surface area contributed by atoms with Gasteiger partial charge in [-0.15, -0.1) is 0 Å². The van der Waals surface area contributed by atoms with E-state index in [1.54, 1.807) is 6.07 Å². The second kappa shape index (κ2) is 5.23. The average Bonchev–Trinajstić information content (AvgIpc) is 2.13. The molecule has 1 aromatic rings. The summed E-state index contributed by atoms with van der Waals surface area (Å²) in [4.78, 5) is 8.51. The molecule has 0 amide bonds. The van der Waals surface area contributed by atoms with Crippen LogP contribution >= 0.6 is 23.4 Å². The highest BCUT2D eigenvalue weighted by molar-refractivity contribution is 7.98. The predicted octanol–water partition coefficient (Wildman–Crippen LogP) is 3.45. The van der Waals surface area contributed by atoms with Gasteiger partial charge in [0.1, 0.15) is 11.0 Å². The topological polar surface area (TPSA) is 37.8 Å². The van der Waals surface area contributed by atoms with E-state index in [0.29, 0.717) is 11.2 Å². The van der Waals surface area contributed by atoms with E-state index in [-0.39, 0.29) is 0 Å². The number of rotatable bonds is 4. The molecule has 1 atom stereocenters. The fourth-order valence-electron chi connectivity index (χ4n) is 1.85. The molecule has 0 bridgehead atoms. The molecular weight excluding hydrogens is 242 g/mol. The number of nitrogens with zero attached hydrogens (tertiary/aromatic N) is 2. The summed E-state index contributed by atoms with van der Waals surface area (Å²) >= 11 is 7.44. The smallest absolute Gasteiger partial charge is 0.190 e. The molecule has 1 unspecified atom stereocenters. The Kier molecular flexibility index (Phi) is 3.92. The summed E-state index contributed by atoms with van der Waals surface area (Å²) in [5.74, 6) is 1.62. The van der Waals surface area contributed by atoms with Gasteiger partial charge in [-0.2, -0.15) is 0 Å². The van der Waals surface area contributed by atoms with Gasteiger partial charge in [-0.1, -0.05) is 29.8 Å². The summed E-state index contributed by atoms with van der Waals surface area (Å²) in [7, 11) is 0. The molecule has 1 heterocycles. The van der Waals surface area contributed by atoms with Crippen molar-refractivity contribution in [1.82, 2.24) is 9.97 Å². The van der Waals surface area contributed by atoms with E-state index in [1.165, 1.54) is 31.0 Å². The van der Waals surface area contributed by atoms with Crippen LogP contribution in [0.1, 0.15) is 26.2 Å². The van der Waals surface area contributed by atoms with Crippen LogP contribution in [0, 0.1) is 5.92 Å². The molecule has 2 rings (SSSR count). The molecule has 1 fully saturated rings. The number of nitrogens with one attached hydrogen (secondary N) is 1. The van der Waals surface area contributed by atoms with Crippen molar-refractivity contribution in [2.75, 3.05) is 11.6 Å². The van der Waals surface area contributed by atoms with Crippen LogP contribution in [0.25, 0.3) is 0 Å². The Morgan fingerprint density at radius 1 is 1.50 bits per heavy atom. The molecule has 0 radical (unpaired) electrons. The van der Waals surface area contributed by atoms with Crippen molar-refractivity contribution in [2.45, 2.75) is 37.4 Å². The van der Waals surface area contributed by atoms with Crippen LogP contribution in [0.15, 0.2) is 11.2 Å². The van der Waals surface area contributed by atoms with Gasteiger partial charge in [-0.25, -0.2) is 9.97 Å². The van der Waals surface area contributed by atoms with Crippen LogP contribution in [0.3, 0.4) is 0 Å². The fraction of sp³-hybridized carbons (Fsp3) is 0.636. The molecular formula is C11H16ClN3S. The Hall–Kier alpha value is -0.480. The van der Waals surface area contributed by atoms with Gasteiger partial charge in [0.2, 0.25) is 0 Å². The number of hydrogen-bond donors (Lipinski definition) is 1. The lowest BCUT2D eigenvalue weighted by Gasteiger charge is -2.32. The summed E-state index contributed by atoms with van der Waals surface area (Å²) in [5.41, 5.74) is 0. The molecule has 1 saturated carbocycles. The average molecular weight is 258 g/mol. The number of halogens is 1. The molecule has 5 heteroatoms. The first-order chi connectivity index (χ1) is 7.69. The summed E-state index contributed by atoms with van der Waals surface area (Å²) in [5, 5.41) is 4.63. The van der Waals surface area contributed by atoms with E-state index in [1.807, 2.05) is 6.26 Å². The van der Waals surface area contributed by atoms with Crippen molar-refractivity contribution in [3.63, 3.8) is 0 Å². The monoisotopic (exact) mass is 257 g/mol. The van der Waals surface area contributed by atoms with Crippen molar-refractivity contribution in [3.8, 4) is 0 Å². The minimum Gasteiger partial charge on any atom is -0.367 e. The standard InChI is InChI=1S/C11H16ClN3S/c1-7(8-4-3-5-8)13-10-6-9(12)14-11(15-10)16-2/h6-8H,3-5H2,1-2H3,(H,13,14,15). The third-order valence-electron chi connectivity index (χ3n) is 3.09. The lowest BCUT2D eigenvalue weighted by molar-refractivity contribution is 0.285. The Morgan fingerprint density at radius 2 is 2.25 bits per heavy atom. The molecule has 0 aliphatic heterocycles. The number of thioether (sulfide) groups is 1. The van der Waals surface area contributed by atoms with Crippen LogP contribution in [0.4, 0.5) is 5.82 Å². The van der Waals surface area contributed by atoms with E-state index in [9.17, 15) is 0 Å². The van der Waals surface area contributed by atoms with Gasteiger partial charge in [-0.05, 0) is 31.9 Å². The lowest BCUT2D eigenvalue weighted by atomic mass is 9.80. The van der Waals surface area contributed by atoms with Crippen molar-refractivity contribution in [2.24, 2.45) is 5.92 Å². The quantitative estimate of drug-likeness (QED) is 0.509. The minimum atomic E-state index is 0.467. The molecule has 1 aliphatic rings. The highest BCUT2D eigenvalue weighted by Crippen LogP contribution is 2.31. The van der Waals surface area contributed by atoms with Gasteiger partial charge in [0.05, 0.1) is 0 Å². The number of hydrogen-bond acceptors (Lipinski definition) is 4. The molecule has 1 aromatic heterocycles. The van der Waals surface area contributed by atoms with Gasteiger partial charge in [0.15, 0.2) is 5.16 Å². The van der Waals surface area contributed by atoms with Crippen molar-refractivity contribution < 1.29 is 0 Å². The maximum atomic E-state index is 5.94. The number of anilines is 1. The zero-order valence-electron chi connectivity index (χ0n) is 9.53. The minimum absolute atomic E-state index is 0.467. The van der Waals surface area contributed by atoms with Gasteiger partial charge in [0, 0.05) is 12.1 Å². The highest BCUT2D eigenvalue weighted by Gasteiger charge is 2.24. The molecule has 0 aromatic carbocycles. The third kappa shape index (κ3) is 2.80. The molecule has 88 valence electrons. The first kappa shape index (κ1) is 12.0. The first-order valence-electron chi connectivity index (χ1n) is 5.54. The van der Waals surface area contributed by atoms with E-state index >= 15 is 0 Å². The van der Waals surface area contributed by atoms with Crippen LogP contribution in [0.5, 0.6) is 0 Å². The summed E-state index contributed by atoms with van der Waals surface area (Å²) in [6.45, 7) is 2.21. The molecule has 1 N–H and O–H groups in total. The van der Waals surface area contributed by atoms with E-state index < -0.39 is 0 Å². The molecule has 0 saturated heterocycles. The molecule has 16 heavy (non-hydrogen) atoms. The SMILES string of the molecule is CSc1nc(Cl)cc(NC(C)C2CCC2)n1. The zero-order valence-corrected chi connectivity index (χ0v) is 11.1. The van der Waals surface area contributed by atoms with Crippen LogP contribution in [0.2, 0.25) is 5.15 Å². The lowest BCUT2D eigenvalue weighted by Crippen LogP contribution is -2.31. The summed E-state index contributed by atoms with van der Waals surface area (Å²) < 4.78 is 0. The van der Waals surface area contributed by atoms with Crippen molar-refractivity contribution in [1.29, 1.82) is 0 Å². The van der Waals surface area contributed by atoms with Gasteiger partial charge in [0.25, 0.3) is 0 Å². The van der Waals surface area contributed by atoms with E-state index in [4.69, 9.17) is 11.6 Å². The Balaban J connectivity index is 2.04. The molecule has 3 nitrogen and oxygen atoms in total. The third-order valence-corrected chi connectivity index (χ3v) is 3.83. The Bertz CT molecular complexity index is 368. The molecule has 0 spiro atoms. The van der Waals surface area contributed by atoms with Crippen LogP contribution in [-0.2, 0) is 0 Å². The second-order valence-electron chi connectivity index (χ2n) is 4.19. The maximum absolute atomic E-state index is 5.94.